The molecule has 2 unspecified atom stereocenters. The van der Waals surface area contributed by atoms with Gasteiger partial charge in [0.25, 0.3) is 0 Å². The van der Waals surface area contributed by atoms with Crippen molar-refractivity contribution < 1.29 is 12.8 Å². The molecule has 1 saturated heterocycles. The van der Waals surface area contributed by atoms with Crippen LogP contribution < -0.4 is 5.32 Å². The van der Waals surface area contributed by atoms with E-state index < -0.39 is 9.84 Å². The largest absolute Gasteiger partial charge is 0.310 e. The summed E-state index contributed by atoms with van der Waals surface area (Å²) in [7, 11) is -2.82. The summed E-state index contributed by atoms with van der Waals surface area (Å²) in [5.74, 6) is 3.96. The zero-order valence-electron chi connectivity index (χ0n) is 29.2. The molecule has 7 aliphatic rings. The van der Waals surface area contributed by atoms with Gasteiger partial charge in [-0.3, -0.25) is 4.39 Å². The lowest BCUT2D eigenvalue weighted by Gasteiger charge is -2.72. The Hall–Kier alpha value is -0.720. The topological polar surface area (TPSA) is 49.4 Å². The summed E-state index contributed by atoms with van der Waals surface area (Å²) in [4.78, 5) is 2.37. The average Bonchev–Trinajstić information content (AvgIpc) is 3.42. The normalized spacial score (nSPS) is 47.5. The molecule has 45 heavy (non-hydrogen) atoms. The second kappa shape index (κ2) is 11.4. The number of hydrogen-bond donors (Lipinski definition) is 1. The number of sulfone groups is 1. The molecule has 0 amide bonds. The van der Waals surface area contributed by atoms with E-state index >= 15 is 0 Å². The zero-order chi connectivity index (χ0) is 31.9. The predicted molar refractivity (Wildman–Crippen MR) is 184 cm³/mol. The molecule has 0 radical (unpaired) electrons. The first kappa shape index (κ1) is 32.8. The fourth-order valence-electron chi connectivity index (χ4n) is 13.7. The van der Waals surface area contributed by atoms with Crippen molar-refractivity contribution >= 4 is 9.84 Å². The van der Waals surface area contributed by atoms with Gasteiger partial charge >= 0.3 is 0 Å². The summed E-state index contributed by atoms with van der Waals surface area (Å²) in [6.07, 6.45) is 21.5. The third-order valence-corrected chi connectivity index (χ3v) is 18.0. The van der Waals surface area contributed by atoms with Crippen molar-refractivity contribution in [2.24, 2.45) is 51.2 Å². The van der Waals surface area contributed by atoms with Crippen LogP contribution in [0.1, 0.15) is 118 Å². The monoisotopic (exact) mass is 642 g/mol. The number of rotatable bonds is 6. The highest BCUT2D eigenvalue weighted by atomic mass is 32.2. The summed E-state index contributed by atoms with van der Waals surface area (Å²) in [6.45, 7) is 16.5. The Bertz CT molecular complexity index is 1310. The quantitative estimate of drug-likeness (QED) is 0.318. The van der Waals surface area contributed by atoms with Gasteiger partial charge in [-0.15, -0.1) is 0 Å². The molecule has 1 N–H and O–H groups in total. The molecule has 254 valence electrons. The minimum atomic E-state index is -2.82. The lowest BCUT2D eigenvalue weighted by Crippen LogP contribution is -2.67. The van der Waals surface area contributed by atoms with Gasteiger partial charge in [-0.05, 0) is 139 Å². The van der Waals surface area contributed by atoms with Gasteiger partial charge in [-0.25, -0.2) is 8.42 Å². The number of nitrogens with zero attached hydrogens (tertiary/aromatic N) is 1. The van der Waals surface area contributed by atoms with Crippen LogP contribution >= 0.6 is 0 Å². The van der Waals surface area contributed by atoms with Crippen LogP contribution in [0.25, 0.3) is 0 Å². The minimum Gasteiger partial charge on any atom is -0.310 e. The van der Waals surface area contributed by atoms with Gasteiger partial charge in [-0.2, -0.15) is 0 Å². The number of hydrogen-bond acceptors (Lipinski definition) is 4. The lowest BCUT2D eigenvalue weighted by molar-refractivity contribution is -0.218. The average molecular weight is 643 g/mol. The highest BCUT2D eigenvalue weighted by Crippen LogP contribution is 2.76. The highest BCUT2D eigenvalue weighted by Gasteiger charge is 2.69. The number of nitrogens with one attached hydrogen (secondary N) is 1. The van der Waals surface area contributed by atoms with Crippen LogP contribution in [0.4, 0.5) is 4.39 Å². The molecule has 7 rings (SSSR count). The van der Waals surface area contributed by atoms with Crippen LogP contribution in [0.2, 0.25) is 0 Å². The molecule has 9 atom stereocenters. The summed E-state index contributed by atoms with van der Waals surface area (Å²) >= 11 is 0. The van der Waals surface area contributed by atoms with Gasteiger partial charge in [0.1, 0.15) is 0 Å². The minimum absolute atomic E-state index is 0.169. The van der Waals surface area contributed by atoms with Crippen LogP contribution in [-0.2, 0) is 9.84 Å². The molecular formula is C39H63FN2O2S. The molecule has 0 aromatic carbocycles. The van der Waals surface area contributed by atoms with E-state index in [-0.39, 0.29) is 23.5 Å². The van der Waals surface area contributed by atoms with Crippen LogP contribution in [0.15, 0.2) is 23.3 Å². The summed E-state index contributed by atoms with van der Waals surface area (Å²) in [5, 5.41) is 4.18. The molecule has 0 bridgehead atoms. The van der Waals surface area contributed by atoms with Crippen molar-refractivity contribution in [3.05, 3.63) is 23.3 Å². The van der Waals surface area contributed by atoms with E-state index in [0.29, 0.717) is 46.8 Å². The van der Waals surface area contributed by atoms with Crippen LogP contribution in [-0.4, -0.2) is 63.2 Å². The van der Waals surface area contributed by atoms with Crippen molar-refractivity contribution in [1.29, 1.82) is 0 Å². The summed E-state index contributed by atoms with van der Waals surface area (Å²) < 4.78 is 37.2. The predicted octanol–water partition coefficient (Wildman–Crippen LogP) is 8.15. The first-order chi connectivity index (χ1) is 21.3. The fourth-order valence-corrected chi connectivity index (χ4v) is 15.0. The fraction of sp³-hybridized carbons (Fsp3) is 0.897. The van der Waals surface area contributed by atoms with Crippen LogP contribution in [0, 0.1) is 51.2 Å². The molecule has 1 aliphatic heterocycles. The maximum atomic E-state index is 13.4. The summed E-state index contributed by atoms with van der Waals surface area (Å²) in [6, 6.07) is 0. The number of alkyl halides is 1. The first-order valence-electron chi connectivity index (χ1n) is 18.9. The molecule has 5 fully saturated rings. The molecule has 6 heteroatoms. The molecule has 4 saturated carbocycles. The van der Waals surface area contributed by atoms with Crippen molar-refractivity contribution in [2.45, 2.75) is 124 Å². The van der Waals surface area contributed by atoms with Crippen molar-refractivity contribution in [3.8, 4) is 0 Å². The third-order valence-electron chi connectivity index (χ3n) is 16.4. The Morgan fingerprint density at radius 3 is 2.36 bits per heavy atom. The molecule has 1 heterocycles. The second-order valence-electron chi connectivity index (χ2n) is 18.3. The van der Waals surface area contributed by atoms with Crippen molar-refractivity contribution in [1.82, 2.24) is 10.2 Å². The maximum absolute atomic E-state index is 13.4. The Morgan fingerprint density at radius 2 is 1.64 bits per heavy atom. The van der Waals surface area contributed by atoms with Gasteiger partial charge in [-0.1, -0.05) is 53.2 Å². The van der Waals surface area contributed by atoms with E-state index in [9.17, 15) is 12.8 Å². The lowest BCUT2D eigenvalue weighted by atomic mass is 9.33. The van der Waals surface area contributed by atoms with E-state index in [0.717, 1.165) is 50.1 Å². The smallest absolute Gasteiger partial charge is 0.152 e. The maximum Gasteiger partial charge on any atom is 0.152 e. The molecule has 0 spiro atoms. The van der Waals surface area contributed by atoms with E-state index in [2.05, 4.69) is 57.0 Å². The van der Waals surface area contributed by atoms with E-state index in [1.165, 1.54) is 64.2 Å². The molecule has 4 nitrogen and oxygen atoms in total. The van der Waals surface area contributed by atoms with Gasteiger partial charge in [0.05, 0.1) is 18.2 Å². The third kappa shape index (κ3) is 5.10. The van der Waals surface area contributed by atoms with Gasteiger partial charge in [0, 0.05) is 31.7 Å². The number of halogens is 1. The summed E-state index contributed by atoms with van der Waals surface area (Å²) in [5.41, 5.74) is 4.73. The van der Waals surface area contributed by atoms with Crippen molar-refractivity contribution in [2.75, 3.05) is 44.4 Å². The highest BCUT2D eigenvalue weighted by molar-refractivity contribution is 7.91. The standard InChI is InChI=1S/C39H63FN2O2S/c1-35(2)30(29-10-8-28(27-40)9-11-29)14-17-36(3)33(35)15-18-38(5)34(36)13-12-31-32-7-6-16-39(32,20-19-37(31,38)4)41-21-22-42-23-25-45(43,44)26-24-42/h10,14,28,31-34,41H,6-9,11-13,15-27H2,1-5H3/t28-,31+,32+,33?,34?,36-,37+,38+,39-/m0/s1. The van der Waals surface area contributed by atoms with E-state index in [4.69, 9.17) is 0 Å². The number of fused-ring (bicyclic) bond motifs is 7. The molecule has 6 aliphatic carbocycles. The first-order valence-corrected chi connectivity index (χ1v) is 20.7. The molecule has 0 aromatic heterocycles. The van der Waals surface area contributed by atoms with E-state index in [1.807, 2.05) is 0 Å². The zero-order valence-corrected chi connectivity index (χ0v) is 30.1. The Morgan fingerprint density at radius 1 is 0.867 bits per heavy atom. The second-order valence-corrected chi connectivity index (χ2v) is 20.6. The SMILES string of the molecule is CC1(C)C(C2=CC[C@H](CF)CC2)=CC[C@@]2(C)C1CC[C@]1(C)C2CC[C@@H]2[C@H]3CCC[C@]3(NCCN3CCS(=O)(=O)CC3)CC[C@]21C. The van der Waals surface area contributed by atoms with Crippen LogP contribution in [0.3, 0.4) is 0 Å². The molecule has 0 aromatic rings. The van der Waals surface area contributed by atoms with Gasteiger partial charge in [0.2, 0.25) is 0 Å². The van der Waals surface area contributed by atoms with Gasteiger partial charge in [0.15, 0.2) is 9.84 Å². The van der Waals surface area contributed by atoms with Crippen molar-refractivity contribution in [3.63, 3.8) is 0 Å². The van der Waals surface area contributed by atoms with E-state index in [1.54, 1.807) is 11.1 Å². The Kier molecular flexibility index (Phi) is 8.33. The molecular weight excluding hydrogens is 580 g/mol. The Labute approximate surface area is 274 Å². The van der Waals surface area contributed by atoms with Gasteiger partial charge < -0.3 is 10.2 Å². The Balaban J connectivity index is 1.09. The van der Waals surface area contributed by atoms with Crippen LogP contribution in [0.5, 0.6) is 0 Å². The number of allylic oxidation sites excluding steroid dienone is 4.